The molecule has 0 aliphatic heterocycles. The lowest BCUT2D eigenvalue weighted by atomic mass is 9.99. The molecule has 0 aliphatic carbocycles. The van der Waals surface area contributed by atoms with Crippen molar-refractivity contribution in [3.63, 3.8) is 0 Å². The van der Waals surface area contributed by atoms with Gasteiger partial charge in [0.15, 0.2) is 5.60 Å². The minimum Gasteiger partial charge on any atom is -0.497 e. The first kappa shape index (κ1) is 18.7. The fourth-order valence-electron chi connectivity index (χ4n) is 2.65. The summed E-state index contributed by atoms with van der Waals surface area (Å²) in [7, 11) is -2.31. The average Bonchev–Trinajstić information content (AvgIpc) is 3.33. The third kappa shape index (κ3) is 3.54. The highest BCUT2D eigenvalue weighted by atomic mass is 32.2. The SMILES string of the molecule is COc1ccc(S(=O)(=O)NCC(O)(c2ccco2)c2cccs2)c(C)c1. The zero-order valence-electron chi connectivity index (χ0n) is 14.3. The van der Waals surface area contributed by atoms with E-state index in [1.165, 1.54) is 30.8 Å². The number of ether oxygens (including phenoxy) is 1. The first-order valence-corrected chi connectivity index (χ1v) is 10.2. The lowest BCUT2D eigenvalue weighted by Crippen LogP contribution is -2.41. The van der Waals surface area contributed by atoms with Crippen LogP contribution in [0.25, 0.3) is 0 Å². The summed E-state index contributed by atoms with van der Waals surface area (Å²) in [5, 5.41) is 13.0. The zero-order valence-corrected chi connectivity index (χ0v) is 15.9. The molecule has 26 heavy (non-hydrogen) atoms. The standard InChI is InChI=1S/C18H19NO5S2/c1-13-11-14(23-2)7-8-15(13)26(21,22)19-12-18(20,16-5-3-9-24-16)17-6-4-10-25-17/h3-11,19-20H,12H2,1-2H3. The summed E-state index contributed by atoms with van der Waals surface area (Å²) < 4.78 is 38.5. The van der Waals surface area contributed by atoms with Gasteiger partial charge in [0.2, 0.25) is 10.0 Å². The number of furan rings is 1. The van der Waals surface area contributed by atoms with Crippen molar-refractivity contribution in [2.24, 2.45) is 0 Å². The van der Waals surface area contributed by atoms with Crippen molar-refractivity contribution in [3.8, 4) is 5.75 Å². The van der Waals surface area contributed by atoms with E-state index in [2.05, 4.69) is 4.72 Å². The van der Waals surface area contributed by atoms with Gasteiger partial charge in [-0.25, -0.2) is 13.1 Å². The molecule has 3 aromatic rings. The minimum absolute atomic E-state index is 0.131. The molecule has 3 rings (SSSR count). The fraction of sp³-hybridized carbons (Fsp3) is 0.222. The predicted octanol–water partition coefficient (Wildman–Crippen LogP) is 2.87. The topological polar surface area (TPSA) is 88.8 Å². The molecule has 2 heterocycles. The third-order valence-corrected chi connectivity index (χ3v) is 6.63. The Hall–Kier alpha value is -2.13. The van der Waals surface area contributed by atoms with Gasteiger partial charge in [0.25, 0.3) is 0 Å². The van der Waals surface area contributed by atoms with E-state index in [1.54, 1.807) is 43.3 Å². The lowest BCUT2D eigenvalue weighted by Gasteiger charge is -2.25. The van der Waals surface area contributed by atoms with E-state index < -0.39 is 15.6 Å². The fourth-order valence-corrected chi connectivity index (χ4v) is 4.76. The summed E-state index contributed by atoms with van der Waals surface area (Å²) in [5.74, 6) is 0.848. The molecule has 2 N–H and O–H groups in total. The Morgan fingerprint density at radius 2 is 2.08 bits per heavy atom. The highest BCUT2D eigenvalue weighted by Gasteiger charge is 2.37. The van der Waals surface area contributed by atoms with Crippen LogP contribution in [0.3, 0.4) is 0 Å². The van der Waals surface area contributed by atoms with E-state index in [-0.39, 0.29) is 17.2 Å². The molecule has 138 valence electrons. The monoisotopic (exact) mass is 393 g/mol. The Morgan fingerprint density at radius 1 is 1.27 bits per heavy atom. The molecule has 0 fully saturated rings. The van der Waals surface area contributed by atoms with Gasteiger partial charge < -0.3 is 14.3 Å². The molecule has 0 saturated carbocycles. The maximum Gasteiger partial charge on any atom is 0.240 e. The third-order valence-electron chi connectivity index (χ3n) is 4.05. The molecule has 2 aromatic heterocycles. The van der Waals surface area contributed by atoms with Crippen LogP contribution >= 0.6 is 11.3 Å². The van der Waals surface area contributed by atoms with Crippen LogP contribution in [0.2, 0.25) is 0 Å². The van der Waals surface area contributed by atoms with Crippen molar-refractivity contribution >= 4 is 21.4 Å². The number of methoxy groups -OCH3 is 1. The summed E-state index contributed by atoms with van der Waals surface area (Å²) >= 11 is 1.32. The van der Waals surface area contributed by atoms with Crippen LogP contribution in [0.15, 0.2) is 63.4 Å². The average molecular weight is 393 g/mol. The van der Waals surface area contributed by atoms with Crippen LogP contribution < -0.4 is 9.46 Å². The summed E-state index contributed by atoms with van der Waals surface area (Å²) in [6.45, 7) is 1.43. The predicted molar refractivity (Wildman–Crippen MR) is 98.9 cm³/mol. The van der Waals surface area contributed by atoms with Crippen LogP contribution in [-0.4, -0.2) is 27.2 Å². The van der Waals surface area contributed by atoms with Gasteiger partial charge in [0, 0.05) is 4.88 Å². The number of hydrogen-bond acceptors (Lipinski definition) is 6. The van der Waals surface area contributed by atoms with Gasteiger partial charge in [-0.2, -0.15) is 0 Å². The Labute approximate surface area is 156 Å². The van der Waals surface area contributed by atoms with Crippen LogP contribution in [0, 0.1) is 6.92 Å². The summed E-state index contributed by atoms with van der Waals surface area (Å²) in [6, 6.07) is 11.5. The number of aliphatic hydroxyl groups is 1. The van der Waals surface area contributed by atoms with Crippen molar-refractivity contribution in [1.29, 1.82) is 0 Å². The Morgan fingerprint density at radius 3 is 2.65 bits per heavy atom. The molecule has 0 bridgehead atoms. The molecule has 0 saturated heterocycles. The van der Waals surface area contributed by atoms with Crippen molar-refractivity contribution < 1.29 is 22.7 Å². The minimum atomic E-state index is -3.83. The quantitative estimate of drug-likeness (QED) is 0.644. The van der Waals surface area contributed by atoms with Gasteiger partial charge in [-0.3, -0.25) is 0 Å². The molecule has 0 radical (unpaired) electrons. The van der Waals surface area contributed by atoms with E-state index in [4.69, 9.17) is 9.15 Å². The highest BCUT2D eigenvalue weighted by Crippen LogP contribution is 2.33. The molecule has 8 heteroatoms. The molecular formula is C18H19NO5S2. The second-order valence-corrected chi connectivity index (χ2v) is 8.45. The van der Waals surface area contributed by atoms with Crippen molar-refractivity contribution in [2.45, 2.75) is 17.4 Å². The van der Waals surface area contributed by atoms with Crippen molar-refractivity contribution in [3.05, 3.63) is 70.3 Å². The second-order valence-electron chi connectivity index (χ2n) is 5.77. The van der Waals surface area contributed by atoms with Gasteiger partial charge >= 0.3 is 0 Å². The molecular weight excluding hydrogens is 374 g/mol. The van der Waals surface area contributed by atoms with Crippen LogP contribution in [0.5, 0.6) is 5.75 Å². The highest BCUT2D eigenvalue weighted by molar-refractivity contribution is 7.89. The molecule has 1 aromatic carbocycles. The molecule has 6 nitrogen and oxygen atoms in total. The maximum absolute atomic E-state index is 12.7. The Bertz CT molecular complexity index is 929. The number of aryl methyl sites for hydroxylation is 1. The second kappa shape index (κ2) is 7.24. The molecule has 0 aliphatic rings. The van der Waals surface area contributed by atoms with Crippen LogP contribution in [0.1, 0.15) is 16.2 Å². The first-order chi connectivity index (χ1) is 12.4. The largest absolute Gasteiger partial charge is 0.497 e. The van der Waals surface area contributed by atoms with Gasteiger partial charge in [-0.05, 0) is 54.3 Å². The summed E-state index contributed by atoms with van der Waals surface area (Å²) in [6.07, 6.45) is 1.44. The summed E-state index contributed by atoms with van der Waals surface area (Å²) in [5.41, 5.74) is -1.04. The molecule has 1 atom stereocenters. The number of sulfonamides is 1. The molecule has 0 spiro atoms. The van der Waals surface area contributed by atoms with E-state index in [1.807, 2.05) is 5.38 Å². The zero-order chi connectivity index (χ0) is 18.8. The number of benzene rings is 1. The maximum atomic E-state index is 12.7. The van der Waals surface area contributed by atoms with Crippen molar-refractivity contribution in [2.75, 3.05) is 13.7 Å². The van der Waals surface area contributed by atoms with E-state index in [0.29, 0.717) is 16.2 Å². The normalized spacial score (nSPS) is 14.1. The van der Waals surface area contributed by atoms with Gasteiger partial charge in [-0.15, -0.1) is 11.3 Å². The number of hydrogen-bond donors (Lipinski definition) is 2. The van der Waals surface area contributed by atoms with E-state index >= 15 is 0 Å². The van der Waals surface area contributed by atoms with Crippen LogP contribution in [0.4, 0.5) is 0 Å². The van der Waals surface area contributed by atoms with Crippen LogP contribution in [-0.2, 0) is 15.6 Å². The Balaban J connectivity index is 1.90. The molecule has 0 amide bonds. The Kier molecular flexibility index (Phi) is 5.19. The number of rotatable bonds is 7. The van der Waals surface area contributed by atoms with E-state index in [9.17, 15) is 13.5 Å². The first-order valence-electron chi connectivity index (χ1n) is 7.81. The van der Waals surface area contributed by atoms with Crippen molar-refractivity contribution in [1.82, 2.24) is 4.72 Å². The smallest absolute Gasteiger partial charge is 0.240 e. The van der Waals surface area contributed by atoms with Gasteiger partial charge in [-0.1, -0.05) is 6.07 Å². The van der Waals surface area contributed by atoms with Gasteiger partial charge in [0.05, 0.1) is 24.8 Å². The molecule has 1 unspecified atom stereocenters. The number of thiophene rings is 1. The van der Waals surface area contributed by atoms with Gasteiger partial charge in [0.1, 0.15) is 11.5 Å². The van der Waals surface area contributed by atoms with E-state index in [0.717, 1.165) is 0 Å². The summed E-state index contributed by atoms with van der Waals surface area (Å²) in [4.78, 5) is 0.716. The lowest BCUT2D eigenvalue weighted by molar-refractivity contribution is 0.0655. The number of nitrogens with one attached hydrogen (secondary N) is 1.